The molecule has 1 aliphatic carbocycles. The van der Waals surface area contributed by atoms with E-state index in [4.69, 9.17) is 0 Å². The van der Waals surface area contributed by atoms with Crippen molar-refractivity contribution in [3.63, 3.8) is 0 Å². The molecule has 2 aromatic rings. The molecule has 0 radical (unpaired) electrons. The minimum Gasteiger partial charge on any atom is -0.328 e. The second-order valence-corrected chi connectivity index (χ2v) is 9.28. The number of halogens is 1. The number of carbonyl (C=O) groups is 1. The highest BCUT2D eigenvalue weighted by Crippen LogP contribution is 2.38. The number of sulfone groups is 1. The Kier molecular flexibility index (Phi) is 4.81. The fourth-order valence-corrected chi connectivity index (χ4v) is 4.24. The molecule has 2 aliphatic rings. The monoisotopic (exact) mass is 429 g/mol. The van der Waals surface area contributed by atoms with E-state index in [1.807, 2.05) is 0 Å². The third-order valence-electron chi connectivity index (χ3n) is 5.15. The first-order valence-electron chi connectivity index (χ1n) is 9.20. The molecule has 4 rings (SSSR count). The largest absolute Gasteiger partial charge is 0.328 e. The van der Waals surface area contributed by atoms with E-state index < -0.39 is 15.7 Å². The van der Waals surface area contributed by atoms with E-state index in [1.54, 1.807) is 31.1 Å². The Balaban J connectivity index is 1.71. The Morgan fingerprint density at radius 3 is 2.53 bits per heavy atom. The van der Waals surface area contributed by atoms with E-state index in [-0.39, 0.29) is 5.91 Å². The predicted molar refractivity (Wildman–Crippen MR) is 113 cm³/mol. The summed E-state index contributed by atoms with van der Waals surface area (Å²) in [7, 11) is 0.120. The van der Waals surface area contributed by atoms with Crippen molar-refractivity contribution in [2.45, 2.75) is 12.8 Å². The molecule has 30 heavy (non-hydrogen) atoms. The average molecular weight is 429 g/mol. The molecule has 1 aromatic carbocycles. The molecule has 0 saturated carbocycles. The van der Waals surface area contributed by atoms with Crippen molar-refractivity contribution in [2.24, 2.45) is 0 Å². The number of nitrogens with zero attached hydrogens (tertiary/aromatic N) is 4. The zero-order valence-corrected chi connectivity index (χ0v) is 17.5. The minimum atomic E-state index is -3.21. The van der Waals surface area contributed by atoms with E-state index in [0.717, 1.165) is 5.70 Å². The number of amides is 1. The predicted octanol–water partition coefficient (Wildman–Crippen LogP) is 2.99. The van der Waals surface area contributed by atoms with Crippen molar-refractivity contribution < 1.29 is 17.6 Å². The summed E-state index contributed by atoms with van der Waals surface area (Å²) in [6, 6.07) is 4.00. The van der Waals surface area contributed by atoms with E-state index in [0.29, 0.717) is 46.5 Å². The van der Waals surface area contributed by atoms with Gasteiger partial charge in [-0.25, -0.2) is 17.8 Å². The summed E-state index contributed by atoms with van der Waals surface area (Å²) in [5.74, 6) is 0.00121. The zero-order chi connectivity index (χ0) is 21.6. The number of fused-ring (bicyclic) bond motifs is 2. The van der Waals surface area contributed by atoms with Gasteiger partial charge in [0.1, 0.15) is 11.5 Å². The van der Waals surface area contributed by atoms with E-state index in [1.165, 1.54) is 35.6 Å². The Hall–Kier alpha value is -3.27. The van der Waals surface area contributed by atoms with Gasteiger partial charge in [-0.05, 0) is 43.2 Å². The maximum atomic E-state index is 13.9. The number of nitrogens with one attached hydrogen (secondary N) is 1. The molecule has 0 atom stereocenters. The van der Waals surface area contributed by atoms with Gasteiger partial charge in [0.15, 0.2) is 15.7 Å². The van der Waals surface area contributed by atoms with Gasteiger partial charge >= 0.3 is 0 Å². The van der Waals surface area contributed by atoms with E-state index in [2.05, 4.69) is 15.3 Å². The van der Waals surface area contributed by atoms with Crippen molar-refractivity contribution in [1.82, 2.24) is 9.97 Å². The molecule has 10 heteroatoms. The number of hydrogen-bond acceptors (Lipinski definition) is 7. The lowest BCUT2D eigenvalue weighted by Gasteiger charge is -2.22. The van der Waals surface area contributed by atoms with Crippen LogP contribution >= 0.6 is 0 Å². The number of anilines is 4. The van der Waals surface area contributed by atoms with Crippen LogP contribution in [0.5, 0.6) is 0 Å². The zero-order valence-electron chi connectivity index (χ0n) is 16.7. The third-order valence-corrected chi connectivity index (χ3v) is 6.44. The summed E-state index contributed by atoms with van der Waals surface area (Å²) in [6.45, 7) is 0. The minimum absolute atomic E-state index is 0.284. The molecule has 0 bridgehead atoms. The SMILES string of the molecule is CN1C(=O)c2ccc(F)cc2N(C)c2nc(NC3=CC=C(S(C)(=O)=O)CC3)ncc21. The summed E-state index contributed by atoms with van der Waals surface area (Å²) in [4.78, 5) is 25.1. The van der Waals surface area contributed by atoms with E-state index in [9.17, 15) is 17.6 Å². The fourth-order valence-electron chi connectivity index (χ4n) is 3.45. The first kappa shape index (κ1) is 20.0. The van der Waals surface area contributed by atoms with Crippen LogP contribution in [0, 0.1) is 5.82 Å². The van der Waals surface area contributed by atoms with Crippen molar-refractivity contribution >= 4 is 38.9 Å². The molecule has 1 aromatic heterocycles. The van der Waals surface area contributed by atoms with Gasteiger partial charge in [0.25, 0.3) is 5.91 Å². The van der Waals surface area contributed by atoms with Crippen LogP contribution < -0.4 is 15.1 Å². The number of hydrogen-bond donors (Lipinski definition) is 1. The molecule has 1 amide bonds. The second-order valence-electron chi connectivity index (χ2n) is 7.21. The number of rotatable bonds is 3. The summed E-state index contributed by atoms with van der Waals surface area (Å²) >= 11 is 0. The standard InChI is InChI=1S/C20H20FN5O3S/c1-25-16-10-12(21)4-9-15(16)19(27)26(2)17-11-22-20(24-18(17)25)23-13-5-7-14(8-6-13)30(3,28)29/h4-5,7,9-11H,6,8H2,1-3H3,(H,22,23,24). The normalized spacial score (nSPS) is 16.3. The van der Waals surface area contributed by atoms with Gasteiger partial charge in [-0.3, -0.25) is 4.79 Å². The van der Waals surface area contributed by atoms with Crippen LogP contribution in [0.15, 0.2) is 47.2 Å². The fraction of sp³-hybridized carbons (Fsp3) is 0.250. The van der Waals surface area contributed by atoms with Crippen molar-refractivity contribution in [3.05, 3.63) is 58.5 Å². The molecule has 2 heterocycles. The van der Waals surface area contributed by atoms with Gasteiger partial charge in [0.05, 0.1) is 17.4 Å². The molecule has 1 N–H and O–H groups in total. The summed E-state index contributed by atoms with van der Waals surface area (Å²) in [5.41, 5.74) is 2.03. The van der Waals surface area contributed by atoms with Gasteiger partial charge in [-0.15, -0.1) is 0 Å². The van der Waals surface area contributed by atoms with Crippen LogP contribution in [0.2, 0.25) is 0 Å². The molecule has 0 fully saturated rings. The summed E-state index contributed by atoms with van der Waals surface area (Å²) in [6.07, 6.45) is 6.88. The number of allylic oxidation sites excluding steroid dienone is 4. The van der Waals surface area contributed by atoms with Crippen LogP contribution in [0.25, 0.3) is 0 Å². The topological polar surface area (TPSA) is 95.5 Å². The Labute approximate surface area is 173 Å². The van der Waals surface area contributed by atoms with Gasteiger partial charge in [0, 0.05) is 31.0 Å². The van der Waals surface area contributed by atoms with E-state index >= 15 is 0 Å². The molecular formula is C20H20FN5O3S. The maximum absolute atomic E-state index is 13.9. The first-order chi connectivity index (χ1) is 14.1. The highest BCUT2D eigenvalue weighted by molar-refractivity contribution is 7.94. The number of benzene rings is 1. The second kappa shape index (κ2) is 7.21. The molecule has 8 nitrogen and oxygen atoms in total. The van der Waals surface area contributed by atoms with Gasteiger partial charge in [-0.2, -0.15) is 4.98 Å². The van der Waals surface area contributed by atoms with Crippen molar-refractivity contribution in [2.75, 3.05) is 35.5 Å². The smallest absolute Gasteiger partial charge is 0.260 e. The quantitative estimate of drug-likeness (QED) is 0.801. The van der Waals surface area contributed by atoms with Crippen LogP contribution in [-0.2, 0) is 9.84 Å². The van der Waals surface area contributed by atoms with Crippen LogP contribution in [0.4, 0.5) is 27.5 Å². The number of carbonyl (C=O) groups excluding carboxylic acids is 1. The summed E-state index contributed by atoms with van der Waals surface area (Å²) in [5, 5.41) is 3.10. The average Bonchev–Trinajstić information content (AvgIpc) is 2.78. The molecule has 0 unspecified atom stereocenters. The lowest BCUT2D eigenvalue weighted by Crippen LogP contribution is -2.25. The van der Waals surface area contributed by atoms with Crippen LogP contribution in [-0.4, -0.2) is 44.6 Å². The highest BCUT2D eigenvalue weighted by atomic mass is 32.2. The molecular weight excluding hydrogens is 409 g/mol. The molecule has 0 saturated heterocycles. The van der Waals surface area contributed by atoms with Crippen LogP contribution in [0.3, 0.4) is 0 Å². The van der Waals surface area contributed by atoms with Crippen molar-refractivity contribution in [3.8, 4) is 0 Å². The lowest BCUT2D eigenvalue weighted by atomic mass is 10.1. The van der Waals surface area contributed by atoms with Gasteiger partial charge in [0.2, 0.25) is 5.95 Å². The van der Waals surface area contributed by atoms with Crippen LogP contribution in [0.1, 0.15) is 23.2 Å². The summed E-state index contributed by atoms with van der Waals surface area (Å²) < 4.78 is 37.2. The maximum Gasteiger partial charge on any atom is 0.260 e. The Bertz CT molecular complexity index is 1220. The molecule has 156 valence electrons. The molecule has 0 spiro atoms. The van der Waals surface area contributed by atoms with Gasteiger partial charge < -0.3 is 15.1 Å². The Morgan fingerprint density at radius 1 is 1.10 bits per heavy atom. The highest BCUT2D eigenvalue weighted by Gasteiger charge is 2.29. The van der Waals surface area contributed by atoms with Crippen molar-refractivity contribution in [1.29, 1.82) is 0 Å². The lowest BCUT2D eigenvalue weighted by molar-refractivity contribution is 0.0994. The van der Waals surface area contributed by atoms with Gasteiger partial charge in [-0.1, -0.05) is 0 Å². The third kappa shape index (κ3) is 3.54. The Morgan fingerprint density at radius 2 is 1.87 bits per heavy atom. The first-order valence-corrected chi connectivity index (χ1v) is 11.1. The number of aromatic nitrogens is 2. The molecule has 1 aliphatic heterocycles.